The van der Waals surface area contributed by atoms with Gasteiger partial charge in [-0.1, -0.05) is 12.7 Å². The molecule has 1 saturated carbocycles. The molecule has 2 heterocycles. The van der Waals surface area contributed by atoms with Crippen molar-refractivity contribution in [2.24, 2.45) is 0 Å². The van der Waals surface area contributed by atoms with Gasteiger partial charge in [-0.15, -0.1) is 5.10 Å². The maximum Gasteiger partial charge on any atom is 0.283 e. The van der Waals surface area contributed by atoms with Crippen LogP contribution in [0.2, 0.25) is 0 Å². The molecule has 1 aliphatic carbocycles. The molecule has 0 amide bonds. The fourth-order valence-electron chi connectivity index (χ4n) is 2.84. The van der Waals surface area contributed by atoms with Gasteiger partial charge < -0.3 is 10.5 Å². The Kier molecular flexibility index (Phi) is 4.44. The van der Waals surface area contributed by atoms with E-state index in [0.29, 0.717) is 28.3 Å². The van der Waals surface area contributed by atoms with Crippen LogP contribution in [0.25, 0.3) is 11.0 Å². The molecule has 6 heteroatoms. The van der Waals surface area contributed by atoms with Crippen molar-refractivity contribution in [2.45, 2.75) is 32.6 Å². The number of nitrogens with two attached hydrogens (primary N) is 1. The molecular formula is C19H22N4O2. The molecule has 0 atom stereocenters. The summed E-state index contributed by atoms with van der Waals surface area (Å²) in [5.41, 5.74) is 8.68. The van der Waals surface area contributed by atoms with E-state index in [1.54, 1.807) is 12.2 Å². The first kappa shape index (κ1) is 17.0. The minimum atomic E-state index is -0.347. The summed E-state index contributed by atoms with van der Waals surface area (Å²) in [6, 6.07) is 3.85. The number of ether oxygens (including phenoxy) is 1. The number of methoxy groups -OCH3 is 1. The summed E-state index contributed by atoms with van der Waals surface area (Å²) < 4.78 is 6.67. The first-order valence-corrected chi connectivity index (χ1v) is 8.22. The summed E-state index contributed by atoms with van der Waals surface area (Å²) in [7, 11) is 1.53. The molecule has 25 heavy (non-hydrogen) atoms. The molecule has 0 spiro atoms. The number of carbonyl (C=O) groups is 1. The third-order valence-electron chi connectivity index (χ3n) is 4.19. The Labute approximate surface area is 146 Å². The molecule has 1 aliphatic rings. The molecule has 6 nitrogen and oxygen atoms in total. The van der Waals surface area contributed by atoms with Crippen LogP contribution in [-0.4, -0.2) is 27.8 Å². The lowest BCUT2D eigenvalue weighted by Crippen LogP contribution is -2.18. The molecule has 2 aromatic rings. The largest absolute Gasteiger partial charge is 0.496 e. The number of anilines is 1. The predicted molar refractivity (Wildman–Crippen MR) is 98.2 cm³/mol. The van der Waals surface area contributed by atoms with Gasteiger partial charge in [0.2, 0.25) is 0 Å². The highest BCUT2D eigenvalue weighted by Gasteiger charge is 2.27. The van der Waals surface area contributed by atoms with E-state index in [4.69, 9.17) is 10.5 Å². The van der Waals surface area contributed by atoms with Crippen molar-refractivity contribution in [2.75, 3.05) is 12.8 Å². The fraction of sp³-hybridized carbons (Fsp3) is 0.316. The molecule has 0 radical (unpaired) electrons. The summed E-state index contributed by atoms with van der Waals surface area (Å²) in [5, 5.41) is 4.89. The summed E-state index contributed by atoms with van der Waals surface area (Å²) in [5.74, 6) is 0.900. The number of nitrogen functional groups attached to an aromatic ring is 1. The van der Waals surface area contributed by atoms with Crippen molar-refractivity contribution in [3.8, 4) is 0 Å². The number of aromatic nitrogens is 3. The summed E-state index contributed by atoms with van der Waals surface area (Å²) in [6.07, 6.45) is 5.42. The lowest BCUT2D eigenvalue weighted by atomic mass is 10.1. The Morgan fingerprint density at radius 2 is 2.12 bits per heavy atom. The number of fused-ring (bicyclic) bond motifs is 1. The van der Waals surface area contributed by atoms with Crippen LogP contribution in [0.3, 0.4) is 0 Å². The van der Waals surface area contributed by atoms with Crippen LogP contribution in [0.15, 0.2) is 47.8 Å². The molecule has 0 aliphatic heterocycles. The van der Waals surface area contributed by atoms with Gasteiger partial charge in [-0.05, 0) is 50.5 Å². The zero-order valence-corrected chi connectivity index (χ0v) is 14.7. The van der Waals surface area contributed by atoms with Crippen LogP contribution in [0, 0.1) is 0 Å². The van der Waals surface area contributed by atoms with E-state index < -0.39 is 0 Å². The van der Waals surface area contributed by atoms with Crippen LogP contribution < -0.4 is 5.73 Å². The molecule has 2 N–H and O–H groups in total. The van der Waals surface area contributed by atoms with Gasteiger partial charge in [0.1, 0.15) is 5.76 Å². The van der Waals surface area contributed by atoms with Crippen LogP contribution in [0.1, 0.15) is 43.1 Å². The average molecular weight is 338 g/mol. The van der Waals surface area contributed by atoms with Gasteiger partial charge in [-0.3, -0.25) is 4.79 Å². The highest BCUT2D eigenvalue weighted by molar-refractivity contribution is 6.04. The zero-order chi connectivity index (χ0) is 18.1. The number of pyridine rings is 1. The second kappa shape index (κ2) is 6.55. The molecule has 1 fully saturated rings. The average Bonchev–Trinajstić information content (AvgIpc) is 3.38. The minimum absolute atomic E-state index is 0.285. The smallest absolute Gasteiger partial charge is 0.283 e. The summed E-state index contributed by atoms with van der Waals surface area (Å²) >= 11 is 0. The lowest BCUT2D eigenvalue weighted by Gasteiger charge is -2.12. The number of hydrogen-bond acceptors (Lipinski definition) is 5. The number of hydrogen-bond donors (Lipinski definition) is 1. The number of rotatable bonds is 5. The van der Waals surface area contributed by atoms with Crippen molar-refractivity contribution in [1.82, 2.24) is 14.8 Å². The lowest BCUT2D eigenvalue weighted by molar-refractivity contribution is 0.0937. The van der Waals surface area contributed by atoms with Crippen LogP contribution in [0.5, 0.6) is 0 Å². The van der Waals surface area contributed by atoms with Gasteiger partial charge in [0.15, 0.2) is 11.5 Å². The quantitative estimate of drug-likeness (QED) is 0.512. The Morgan fingerprint density at radius 1 is 1.40 bits per heavy atom. The van der Waals surface area contributed by atoms with Gasteiger partial charge in [-0.25, -0.2) is 4.98 Å². The van der Waals surface area contributed by atoms with Crippen molar-refractivity contribution < 1.29 is 9.53 Å². The van der Waals surface area contributed by atoms with E-state index in [0.717, 1.165) is 24.1 Å². The van der Waals surface area contributed by atoms with Gasteiger partial charge in [0.05, 0.1) is 18.1 Å². The van der Waals surface area contributed by atoms with Crippen LogP contribution >= 0.6 is 0 Å². The first-order valence-electron chi connectivity index (χ1n) is 8.22. The normalized spacial score (nSPS) is 14.4. The fourth-order valence-corrected chi connectivity index (χ4v) is 2.84. The molecular weight excluding hydrogens is 316 g/mol. The molecule has 0 bridgehead atoms. The molecule has 130 valence electrons. The van der Waals surface area contributed by atoms with E-state index in [-0.39, 0.29) is 11.7 Å². The Bertz CT molecular complexity index is 913. The van der Waals surface area contributed by atoms with E-state index in [2.05, 4.69) is 16.7 Å². The highest BCUT2D eigenvalue weighted by Crippen LogP contribution is 2.39. The first-order chi connectivity index (χ1) is 12.0. The number of allylic oxidation sites excluding steroid dienone is 4. The molecule has 0 aromatic carbocycles. The number of carbonyl (C=O) groups excluding carboxylic acids is 1. The summed E-state index contributed by atoms with van der Waals surface area (Å²) in [4.78, 5) is 17.8. The second-order valence-electron chi connectivity index (χ2n) is 6.33. The Morgan fingerprint density at radius 3 is 2.68 bits per heavy atom. The molecule has 0 unspecified atom stereocenters. The maximum absolute atomic E-state index is 13.1. The molecule has 3 rings (SSSR count). The third kappa shape index (κ3) is 3.07. The Hall–Kier alpha value is -2.89. The highest BCUT2D eigenvalue weighted by atomic mass is 16.5. The monoisotopic (exact) mass is 338 g/mol. The van der Waals surface area contributed by atoms with E-state index in [9.17, 15) is 4.79 Å². The third-order valence-corrected chi connectivity index (χ3v) is 4.19. The van der Waals surface area contributed by atoms with Crippen LogP contribution in [-0.2, 0) is 4.74 Å². The maximum atomic E-state index is 13.1. The predicted octanol–water partition coefficient (Wildman–Crippen LogP) is 3.58. The van der Waals surface area contributed by atoms with Crippen LogP contribution in [0.4, 0.5) is 5.82 Å². The number of nitrogens with zero attached hydrogens (tertiary/aromatic N) is 3. The second-order valence-corrected chi connectivity index (χ2v) is 6.33. The SMILES string of the molecule is C=C/C=C(/C(=O)n1nc(N)c2ccc(C3CC3)nc21)C(OC)=C(C)C. The molecule has 2 aromatic heterocycles. The van der Waals surface area contributed by atoms with Gasteiger partial charge in [0.25, 0.3) is 5.91 Å². The van der Waals surface area contributed by atoms with Crippen molar-refractivity contribution >= 4 is 22.8 Å². The Balaban J connectivity index is 2.15. The van der Waals surface area contributed by atoms with E-state index in [1.807, 2.05) is 26.0 Å². The summed E-state index contributed by atoms with van der Waals surface area (Å²) in [6.45, 7) is 7.44. The van der Waals surface area contributed by atoms with Gasteiger partial charge in [-0.2, -0.15) is 4.68 Å². The zero-order valence-electron chi connectivity index (χ0n) is 14.7. The van der Waals surface area contributed by atoms with E-state index in [1.165, 1.54) is 11.8 Å². The minimum Gasteiger partial charge on any atom is -0.496 e. The van der Waals surface area contributed by atoms with E-state index >= 15 is 0 Å². The standard InChI is InChI=1S/C19H22N4O2/c1-5-6-13(16(25-4)11(2)3)19(24)23-18-14(17(20)22-23)9-10-15(21-18)12-7-8-12/h5-6,9-10,12H,1,7-8H2,2-4H3,(H2,20,22)/b13-6+. The van der Waals surface area contributed by atoms with Crippen molar-refractivity contribution in [3.05, 3.63) is 53.5 Å². The van der Waals surface area contributed by atoms with Gasteiger partial charge >= 0.3 is 0 Å². The topological polar surface area (TPSA) is 83.0 Å². The van der Waals surface area contributed by atoms with Crippen molar-refractivity contribution in [1.29, 1.82) is 0 Å². The van der Waals surface area contributed by atoms with Gasteiger partial charge in [0, 0.05) is 11.6 Å². The molecule has 0 saturated heterocycles. The van der Waals surface area contributed by atoms with Crippen molar-refractivity contribution in [3.63, 3.8) is 0 Å².